The standard InChI is InChI=1S/C21H22ClN5O3S/c1-12-10-15(13(2)26(12)8-7-14-6-5-9-31-14)16(28)11-27-17-18(23-20(27)22)24(3)21(30)25(4)19(17)29/h5-6,9-10H,7-8,11H2,1-4H3. The molecule has 0 saturated carbocycles. The lowest BCUT2D eigenvalue weighted by atomic mass is 10.1. The number of hydrogen-bond acceptors (Lipinski definition) is 5. The normalized spacial score (nSPS) is 11.5. The van der Waals surface area contributed by atoms with Crippen LogP contribution in [0.15, 0.2) is 33.2 Å². The molecule has 0 aliphatic carbocycles. The molecule has 0 fully saturated rings. The van der Waals surface area contributed by atoms with Crippen molar-refractivity contribution < 1.29 is 4.79 Å². The van der Waals surface area contributed by atoms with Gasteiger partial charge in [0.05, 0.1) is 6.54 Å². The zero-order valence-electron chi connectivity index (χ0n) is 17.7. The van der Waals surface area contributed by atoms with Crippen molar-refractivity contribution in [2.24, 2.45) is 14.1 Å². The van der Waals surface area contributed by atoms with Crippen molar-refractivity contribution in [1.82, 2.24) is 23.3 Å². The van der Waals surface area contributed by atoms with Gasteiger partial charge in [0.1, 0.15) is 0 Å². The van der Waals surface area contributed by atoms with Crippen molar-refractivity contribution in [3.8, 4) is 0 Å². The number of thiophene rings is 1. The molecule has 0 aliphatic rings. The molecule has 10 heteroatoms. The van der Waals surface area contributed by atoms with Crippen LogP contribution >= 0.6 is 22.9 Å². The lowest BCUT2D eigenvalue weighted by molar-refractivity contribution is 0.0972. The number of imidazole rings is 1. The number of halogens is 1. The number of carbonyl (C=O) groups is 1. The summed E-state index contributed by atoms with van der Waals surface area (Å²) in [6, 6.07) is 6.00. The molecule has 0 aliphatic heterocycles. The second-order valence-corrected chi connectivity index (χ2v) is 8.90. The highest BCUT2D eigenvalue weighted by Crippen LogP contribution is 2.21. The minimum Gasteiger partial charge on any atom is -0.348 e. The van der Waals surface area contributed by atoms with Gasteiger partial charge in [-0.1, -0.05) is 6.07 Å². The first-order valence-electron chi connectivity index (χ1n) is 9.74. The molecule has 0 bridgehead atoms. The van der Waals surface area contributed by atoms with Crippen LogP contribution in [0.5, 0.6) is 0 Å². The van der Waals surface area contributed by atoms with Crippen molar-refractivity contribution in [2.45, 2.75) is 33.4 Å². The molecule has 0 unspecified atom stereocenters. The van der Waals surface area contributed by atoms with Gasteiger partial charge in [0.25, 0.3) is 5.56 Å². The van der Waals surface area contributed by atoms with Crippen LogP contribution in [-0.4, -0.2) is 29.0 Å². The molecule has 0 radical (unpaired) electrons. The van der Waals surface area contributed by atoms with Gasteiger partial charge in [-0.15, -0.1) is 11.3 Å². The minimum atomic E-state index is -0.535. The molecule has 0 N–H and O–H groups in total. The molecule has 0 saturated heterocycles. The Kier molecular flexibility index (Phi) is 5.49. The molecule has 4 aromatic rings. The van der Waals surface area contributed by atoms with E-state index in [1.54, 1.807) is 11.3 Å². The average Bonchev–Trinajstić information content (AvgIpc) is 3.43. The van der Waals surface area contributed by atoms with Gasteiger partial charge in [0.2, 0.25) is 5.28 Å². The highest BCUT2D eigenvalue weighted by Gasteiger charge is 2.22. The van der Waals surface area contributed by atoms with E-state index < -0.39 is 11.2 Å². The number of ketones is 1. The van der Waals surface area contributed by atoms with E-state index in [0.717, 1.165) is 28.9 Å². The summed E-state index contributed by atoms with van der Waals surface area (Å²) in [6.45, 7) is 4.54. The Bertz CT molecular complexity index is 1420. The number of Topliss-reactive ketones (excluding diaryl/α,β-unsaturated/α-hetero) is 1. The van der Waals surface area contributed by atoms with E-state index >= 15 is 0 Å². The lowest BCUT2D eigenvalue weighted by Crippen LogP contribution is -2.37. The first-order chi connectivity index (χ1) is 14.7. The van der Waals surface area contributed by atoms with E-state index in [0.29, 0.717) is 5.56 Å². The molecule has 8 nitrogen and oxygen atoms in total. The third-order valence-electron chi connectivity index (χ3n) is 5.64. The van der Waals surface area contributed by atoms with Gasteiger partial charge in [0, 0.05) is 42.5 Å². The van der Waals surface area contributed by atoms with Crippen LogP contribution < -0.4 is 11.2 Å². The van der Waals surface area contributed by atoms with Crippen LogP contribution in [0.1, 0.15) is 26.6 Å². The summed E-state index contributed by atoms with van der Waals surface area (Å²) in [6.07, 6.45) is 0.893. The summed E-state index contributed by atoms with van der Waals surface area (Å²) >= 11 is 7.98. The Morgan fingerprint density at radius 3 is 2.58 bits per heavy atom. The van der Waals surface area contributed by atoms with Crippen LogP contribution in [0, 0.1) is 13.8 Å². The quantitative estimate of drug-likeness (QED) is 0.328. The van der Waals surface area contributed by atoms with Gasteiger partial charge < -0.3 is 9.13 Å². The molecule has 4 rings (SSSR count). The summed E-state index contributed by atoms with van der Waals surface area (Å²) in [4.78, 5) is 43.5. The van der Waals surface area contributed by atoms with Crippen molar-refractivity contribution >= 4 is 39.9 Å². The van der Waals surface area contributed by atoms with Gasteiger partial charge in [0.15, 0.2) is 16.9 Å². The molecule has 0 atom stereocenters. The molecule has 0 spiro atoms. The molecule has 0 amide bonds. The number of aromatic nitrogens is 5. The monoisotopic (exact) mass is 459 g/mol. The van der Waals surface area contributed by atoms with E-state index in [2.05, 4.69) is 21.0 Å². The fraction of sp³-hybridized carbons (Fsp3) is 0.333. The first kappa shape index (κ1) is 21.3. The van der Waals surface area contributed by atoms with Crippen molar-refractivity contribution in [3.05, 3.63) is 71.5 Å². The molecular weight excluding hydrogens is 438 g/mol. The number of rotatable bonds is 6. The maximum atomic E-state index is 13.2. The van der Waals surface area contributed by atoms with E-state index in [9.17, 15) is 14.4 Å². The summed E-state index contributed by atoms with van der Waals surface area (Å²) < 4.78 is 5.74. The molecule has 31 heavy (non-hydrogen) atoms. The van der Waals surface area contributed by atoms with E-state index in [4.69, 9.17) is 11.6 Å². The van der Waals surface area contributed by atoms with Gasteiger partial charge in [-0.3, -0.25) is 18.7 Å². The average molecular weight is 460 g/mol. The fourth-order valence-electron chi connectivity index (χ4n) is 3.90. The zero-order valence-corrected chi connectivity index (χ0v) is 19.3. The maximum Gasteiger partial charge on any atom is 0.332 e. The van der Waals surface area contributed by atoms with Crippen LogP contribution in [-0.2, 0) is 33.6 Å². The lowest BCUT2D eigenvalue weighted by Gasteiger charge is -2.10. The molecule has 4 aromatic heterocycles. The topological polar surface area (TPSA) is 83.8 Å². The smallest absolute Gasteiger partial charge is 0.332 e. The Morgan fingerprint density at radius 2 is 1.90 bits per heavy atom. The van der Waals surface area contributed by atoms with Crippen molar-refractivity contribution in [3.63, 3.8) is 0 Å². The van der Waals surface area contributed by atoms with Crippen LogP contribution in [0.4, 0.5) is 0 Å². The predicted molar refractivity (Wildman–Crippen MR) is 121 cm³/mol. The highest BCUT2D eigenvalue weighted by atomic mass is 35.5. The van der Waals surface area contributed by atoms with E-state index in [1.807, 2.05) is 26.0 Å². The van der Waals surface area contributed by atoms with Crippen LogP contribution in [0.25, 0.3) is 11.2 Å². The SMILES string of the molecule is Cc1cc(C(=O)Cn2c(Cl)nc3c2c(=O)n(C)c(=O)n3C)c(C)n1CCc1cccs1. The second kappa shape index (κ2) is 7.97. The zero-order chi connectivity index (χ0) is 22.4. The Morgan fingerprint density at radius 1 is 1.16 bits per heavy atom. The molecule has 0 aromatic carbocycles. The summed E-state index contributed by atoms with van der Waals surface area (Å²) in [5.74, 6) is -0.174. The molecular formula is C21H22ClN5O3S. The first-order valence-corrected chi connectivity index (χ1v) is 11.0. The number of hydrogen-bond donors (Lipinski definition) is 0. The number of fused-ring (bicyclic) bond motifs is 1. The van der Waals surface area contributed by atoms with Crippen molar-refractivity contribution in [2.75, 3.05) is 0 Å². The van der Waals surface area contributed by atoms with Gasteiger partial charge in [-0.05, 0) is 49.4 Å². The molecule has 162 valence electrons. The van der Waals surface area contributed by atoms with Crippen molar-refractivity contribution in [1.29, 1.82) is 0 Å². The minimum absolute atomic E-state index is 0.00634. The van der Waals surface area contributed by atoms with E-state index in [-0.39, 0.29) is 28.8 Å². The Balaban J connectivity index is 1.69. The summed E-state index contributed by atoms with van der Waals surface area (Å²) in [7, 11) is 2.90. The number of carbonyl (C=O) groups excluding carboxylic acids is 1. The summed E-state index contributed by atoms with van der Waals surface area (Å²) in [5.41, 5.74) is 1.72. The largest absolute Gasteiger partial charge is 0.348 e. The summed E-state index contributed by atoms with van der Waals surface area (Å²) in [5, 5.41) is 2.05. The van der Waals surface area contributed by atoms with E-state index in [1.165, 1.54) is 28.1 Å². The Labute approximate surface area is 186 Å². The Hall–Kier alpha value is -2.91. The van der Waals surface area contributed by atoms with Gasteiger partial charge in [-0.2, -0.15) is 4.98 Å². The number of aryl methyl sites for hydroxylation is 3. The van der Waals surface area contributed by atoms with Crippen LogP contribution in [0.2, 0.25) is 5.28 Å². The second-order valence-electron chi connectivity index (χ2n) is 7.53. The fourth-order valence-corrected chi connectivity index (χ4v) is 4.82. The van der Waals surface area contributed by atoms with Gasteiger partial charge >= 0.3 is 5.69 Å². The van der Waals surface area contributed by atoms with Crippen LogP contribution in [0.3, 0.4) is 0 Å². The maximum absolute atomic E-state index is 13.2. The molecule has 4 heterocycles. The highest BCUT2D eigenvalue weighted by molar-refractivity contribution is 7.09. The number of nitrogens with zero attached hydrogens (tertiary/aromatic N) is 5. The van der Waals surface area contributed by atoms with Gasteiger partial charge in [-0.25, -0.2) is 4.79 Å². The third kappa shape index (κ3) is 3.57. The third-order valence-corrected chi connectivity index (χ3v) is 6.86. The predicted octanol–water partition coefficient (Wildman–Crippen LogP) is 2.69.